The summed E-state index contributed by atoms with van der Waals surface area (Å²) in [5.74, 6) is -0.968. The van der Waals surface area contributed by atoms with Gasteiger partial charge in [-0.25, -0.2) is 9.78 Å². The van der Waals surface area contributed by atoms with E-state index in [2.05, 4.69) is 20.9 Å². The van der Waals surface area contributed by atoms with Crippen LogP contribution in [0.25, 0.3) is 0 Å². The molecule has 1 rings (SSSR count). The van der Waals surface area contributed by atoms with Crippen LogP contribution in [-0.2, 0) is 27.8 Å². The van der Waals surface area contributed by atoms with Crippen molar-refractivity contribution in [2.24, 2.45) is 13.0 Å². The van der Waals surface area contributed by atoms with Crippen molar-refractivity contribution >= 4 is 17.9 Å². The van der Waals surface area contributed by atoms with Crippen LogP contribution in [-0.4, -0.2) is 50.2 Å². The molecular weight excluding hydrogens is 398 g/mol. The molecule has 0 spiro atoms. The van der Waals surface area contributed by atoms with Gasteiger partial charge in [0.05, 0.1) is 6.33 Å². The van der Waals surface area contributed by atoms with E-state index in [4.69, 9.17) is 4.74 Å². The molecule has 0 aliphatic heterocycles. The Labute approximate surface area is 185 Å². The number of imidazole rings is 1. The van der Waals surface area contributed by atoms with Crippen LogP contribution in [0, 0.1) is 5.92 Å². The summed E-state index contributed by atoms with van der Waals surface area (Å²) >= 11 is 0. The fourth-order valence-electron chi connectivity index (χ4n) is 2.73. The predicted molar refractivity (Wildman–Crippen MR) is 119 cm³/mol. The van der Waals surface area contributed by atoms with Gasteiger partial charge in [-0.1, -0.05) is 13.8 Å². The molecule has 0 aromatic carbocycles. The van der Waals surface area contributed by atoms with Crippen molar-refractivity contribution < 1.29 is 19.1 Å². The monoisotopic (exact) mass is 437 g/mol. The molecule has 176 valence electrons. The first-order chi connectivity index (χ1) is 13.9. The summed E-state index contributed by atoms with van der Waals surface area (Å²) in [4.78, 5) is 42.8. The first-order valence-electron chi connectivity index (χ1n) is 10.5. The summed E-state index contributed by atoms with van der Waals surface area (Å²) in [6.07, 6.45) is 2.73. The summed E-state index contributed by atoms with van der Waals surface area (Å²) in [5, 5.41) is 8.44. The maximum absolute atomic E-state index is 13.3. The van der Waals surface area contributed by atoms with Crippen LogP contribution in [0.5, 0.6) is 0 Å². The van der Waals surface area contributed by atoms with Gasteiger partial charge in [0, 0.05) is 30.9 Å². The van der Waals surface area contributed by atoms with E-state index in [1.54, 1.807) is 51.8 Å². The minimum Gasteiger partial charge on any atom is -0.444 e. The fourth-order valence-corrected chi connectivity index (χ4v) is 2.73. The quantitative estimate of drug-likeness (QED) is 0.606. The van der Waals surface area contributed by atoms with Gasteiger partial charge >= 0.3 is 6.09 Å². The lowest BCUT2D eigenvalue weighted by Crippen LogP contribution is -2.65. The highest BCUT2D eigenvalue weighted by atomic mass is 16.6. The van der Waals surface area contributed by atoms with E-state index in [1.165, 1.54) is 0 Å². The van der Waals surface area contributed by atoms with Gasteiger partial charge in [0.2, 0.25) is 11.8 Å². The van der Waals surface area contributed by atoms with Crippen molar-refractivity contribution in [2.75, 3.05) is 0 Å². The molecule has 0 unspecified atom stereocenters. The molecule has 1 aromatic rings. The standard InChI is InChI=1S/C22H39N5O4/c1-14(2)22(9,18(29)26-20(3,4)5)25-17(28)16(11-15-12-23-13-27(15)10)24-19(30)31-21(6,7)8/h12-14,16H,11H2,1-10H3,(H,24,30)(H,25,28)(H,26,29)/t16-,22+/m0/s1. The van der Waals surface area contributed by atoms with Crippen LogP contribution in [0.15, 0.2) is 12.5 Å². The van der Waals surface area contributed by atoms with Crippen LogP contribution < -0.4 is 16.0 Å². The number of ether oxygens (including phenoxy) is 1. The van der Waals surface area contributed by atoms with E-state index < -0.39 is 34.7 Å². The molecule has 3 amide bonds. The molecule has 1 heterocycles. The number of hydrogen-bond acceptors (Lipinski definition) is 5. The van der Waals surface area contributed by atoms with Gasteiger partial charge in [0.1, 0.15) is 17.2 Å². The fraction of sp³-hybridized carbons (Fsp3) is 0.727. The van der Waals surface area contributed by atoms with Crippen LogP contribution in [0.1, 0.15) is 68.0 Å². The zero-order valence-electron chi connectivity index (χ0n) is 20.5. The summed E-state index contributed by atoms with van der Waals surface area (Å²) in [6.45, 7) is 16.3. The summed E-state index contributed by atoms with van der Waals surface area (Å²) in [6, 6.07) is -0.953. The number of aromatic nitrogens is 2. The number of alkyl carbamates (subject to hydrolysis) is 1. The molecule has 3 N–H and O–H groups in total. The van der Waals surface area contributed by atoms with Crippen LogP contribution in [0.4, 0.5) is 4.79 Å². The van der Waals surface area contributed by atoms with Crippen LogP contribution in [0.2, 0.25) is 0 Å². The molecule has 0 aliphatic carbocycles. The lowest BCUT2D eigenvalue weighted by molar-refractivity contribution is -0.136. The third-order valence-corrected chi connectivity index (χ3v) is 4.83. The third-order valence-electron chi connectivity index (χ3n) is 4.83. The Kier molecular flexibility index (Phi) is 8.28. The molecule has 0 radical (unpaired) electrons. The van der Waals surface area contributed by atoms with Crippen molar-refractivity contribution in [1.29, 1.82) is 0 Å². The lowest BCUT2D eigenvalue weighted by Gasteiger charge is -2.37. The Balaban J connectivity index is 3.14. The molecule has 31 heavy (non-hydrogen) atoms. The van der Waals surface area contributed by atoms with Gasteiger partial charge in [-0.3, -0.25) is 9.59 Å². The van der Waals surface area contributed by atoms with E-state index in [1.807, 2.05) is 34.6 Å². The average molecular weight is 438 g/mol. The van der Waals surface area contributed by atoms with E-state index in [0.717, 1.165) is 5.69 Å². The molecule has 9 nitrogen and oxygen atoms in total. The predicted octanol–water partition coefficient (Wildman–Crippen LogP) is 2.30. The number of hydrogen-bond donors (Lipinski definition) is 3. The van der Waals surface area contributed by atoms with Crippen molar-refractivity contribution in [3.63, 3.8) is 0 Å². The van der Waals surface area contributed by atoms with Crippen molar-refractivity contribution in [3.05, 3.63) is 18.2 Å². The van der Waals surface area contributed by atoms with Gasteiger partial charge in [-0.15, -0.1) is 0 Å². The molecule has 0 aliphatic rings. The lowest BCUT2D eigenvalue weighted by atomic mass is 9.86. The van der Waals surface area contributed by atoms with Gasteiger partial charge < -0.3 is 25.3 Å². The second-order valence-corrected chi connectivity index (χ2v) is 10.4. The molecule has 0 saturated heterocycles. The van der Waals surface area contributed by atoms with Crippen LogP contribution >= 0.6 is 0 Å². The Morgan fingerprint density at radius 2 is 1.65 bits per heavy atom. The number of aryl methyl sites for hydroxylation is 1. The first-order valence-corrected chi connectivity index (χ1v) is 10.5. The Hall–Kier alpha value is -2.58. The SMILES string of the molecule is CC(C)[C@@](C)(NC(=O)[C@H](Cc1cncn1C)NC(=O)OC(C)(C)C)C(=O)NC(C)(C)C. The summed E-state index contributed by atoms with van der Waals surface area (Å²) in [5.41, 5.74) is -1.59. The highest BCUT2D eigenvalue weighted by molar-refractivity contribution is 5.94. The minimum atomic E-state index is -1.18. The second-order valence-electron chi connectivity index (χ2n) is 10.4. The highest BCUT2D eigenvalue weighted by Crippen LogP contribution is 2.19. The number of carbonyl (C=O) groups is 3. The number of nitrogens with zero attached hydrogens (tertiary/aromatic N) is 2. The molecule has 0 saturated carbocycles. The third kappa shape index (κ3) is 8.22. The van der Waals surface area contributed by atoms with Crippen molar-refractivity contribution in [2.45, 2.75) is 91.5 Å². The Bertz CT molecular complexity index is 789. The number of amides is 3. The zero-order chi connectivity index (χ0) is 24.2. The number of rotatable bonds is 7. The Morgan fingerprint density at radius 1 is 1.06 bits per heavy atom. The Morgan fingerprint density at radius 3 is 2.06 bits per heavy atom. The largest absolute Gasteiger partial charge is 0.444 e. The maximum Gasteiger partial charge on any atom is 0.408 e. The van der Waals surface area contributed by atoms with Gasteiger partial charge in [0.15, 0.2) is 0 Å². The average Bonchev–Trinajstić information content (AvgIpc) is 2.95. The first kappa shape index (κ1) is 26.5. The number of carbonyl (C=O) groups excluding carboxylic acids is 3. The molecule has 0 bridgehead atoms. The molecule has 1 aromatic heterocycles. The highest BCUT2D eigenvalue weighted by Gasteiger charge is 2.41. The summed E-state index contributed by atoms with van der Waals surface area (Å²) < 4.78 is 7.10. The van der Waals surface area contributed by atoms with Crippen molar-refractivity contribution in [1.82, 2.24) is 25.5 Å². The maximum atomic E-state index is 13.3. The van der Waals surface area contributed by atoms with Gasteiger partial charge in [0.25, 0.3) is 0 Å². The molecule has 9 heteroatoms. The smallest absolute Gasteiger partial charge is 0.408 e. The molecular formula is C22H39N5O4. The zero-order valence-corrected chi connectivity index (χ0v) is 20.5. The van der Waals surface area contributed by atoms with Gasteiger partial charge in [-0.2, -0.15) is 0 Å². The molecule has 0 fully saturated rings. The van der Waals surface area contributed by atoms with E-state index in [9.17, 15) is 14.4 Å². The molecule has 2 atom stereocenters. The normalized spacial score (nSPS) is 15.1. The van der Waals surface area contributed by atoms with E-state index in [-0.39, 0.29) is 18.2 Å². The van der Waals surface area contributed by atoms with E-state index >= 15 is 0 Å². The minimum absolute atomic E-state index is 0.191. The van der Waals surface area contributed by atoms with Crippen LogP contribution in [0.3, 0.4) is 0 Å². The van der Waals surface area contributed by atoms with Gasteiger partial charge in [-0.05, 0) is 54.4 Å². The summed E-state index contributed by atoms with van der Waals surface area (Å²) in [7, 11) is 1.81. The topological polar surface area (TPSA) is 114 Å². The van der Waals surface area contributed by atoms with Crippen molar-refractivity contribution in [3.8, 4) is 0 Å². The second kappa shape index (κ2) is 9.70. The number of nitrogens with one attached hydrogen (secondary N) is 3. The van der Waals surface area contributed by atoms with E-state index in [0.29, 0.717) is 0 Å².